The Morgan fingerprint density at radius 2 is 1.56 bits per heavy atom. The van der Waals surface area contributed by atoms with Gasteiger partial charge in [-0.3, -0.25) is 14.4 Å². The van der Waals surface area contributed by atoms with Crippen LogP contribution in [-0.2, 0) is 14.3 Å². The minimum atomic E-state index is -1.22. The van der Waals surface area contributed by atoms with Crippen LogP contribution in [0.15, 0.2) is 78.9 Å². The van der Waals surface area contributed by atoms with Gasteiger partial charge in [0.2, 0.25) is 6.10 Å². The molecule has 0 heterocycles. The lowest BCUT2D eigenvalue weighted by Gasteiger charge is -2.19. The first kappa shape index (κ1) is 24.3. The predicted molar refractivity (Wildman–Crippen MR) is 127 cm³/mol. The zero-order valence-electron chi connectivity index (χ0n) is 18.9. The highest BCUT2D eigenvalue weighted by molar-refractivity contribution is 5.98. The Bertz CT molecular complexity index is 1120. The smallest absolute Gasteiger partial charge is 0.326 e. The molecule has 0 aliphatic carbocycles. The van der Waals surface area contributed by atoms with Gasteiger partial charge >= 0.3 is 5.97 Å². The molecule has 0 saturated heterocycles. The Balaban J connectivity index is 1.68. The van der Waals surface area contributed by atoms with Crippen LogP contribution < -0.4 is 20.1 Å². The Morgan fingerprint density at radius 1 is 0.882 bits per heavy atom. The number of hydrogen-bond donors (Lipinski definition) is 2. The Kier molecular flexibility index (Phi) is 8.62. The maximum atomic E-state index is 13.1. The number of hydrogen-bond acceptors (Lipinski definition) is 6. The zero-order chi connectivity index (χ0) is 24.3. The van der Waals surface area contributed by atoms with E-state index in [1.165, 1.54) is 7.11 Å². The molecule has 2 N–H and O–H groups in total. The van der Waals surface area contributed by atoms with Crippen molar-refractivity contribution in [3.05, 3.63) is 90.0 Å². The first-order valence-corrected chi connectivity index (χ1v) is 10.7. The number of ether oxygens (including phenoxy) is 3. The molecule has 0 saturated carbocycles. The molecule has 0 spiro atoms. The normalized spacial score (nSPS) is 11.1. The van der Waals surface area contributed by atoms with E-state index in [4.69, 9.17) is 14.2 Å². The van der Waals surface area contributed by atoms with Crippen LogP contribution in [0.5, 0.6) is 11.5 Å². The Labute approximate surface area is 197 Å². The monoisotopic (exact) mass is 462 g/mol. The van der Waals surface area contributed by atoms with Gasteiger partial charge in [-0.25, -0.2) is 0 Å². The SMILES string of the molecule is CCOc1ccccc1NC(=O)C(OC(=O)CNC(=O)c1ccc(OC)cc1)c1ccccc1. The van der Waals surface area contributed by atoms with Gasteiger partial charge in [0.15, 0.2) is 0 Å². The molecule has 1 unspecified atom stereocenters. The average molecular weight is 463 g/mol. The van der Waals surface area contributed by atoms with Crippen molar-refractivity contribution in [2.75, 3.05) is 25.6 Å². The van der Waals surface area contributed by atoms with E-state index in [1.54, 1.807) is 78.9 Å². The topological polar surface area (TPSA) is 103 Å². The van der Waals surface area contributed by atoms with Crippen molar-refractivity contribution in [3.63, 3.8) is 0 Å². The van der Waals surface area contributed by atoms with Gasteiger partial charge in [0.25, 0.3) is 11.8 Å². The van der Waals surface area contributed by atoms with Crippen LogP contribution in [0.2, 0.25) is 0 Å². The number of amides is 2. The highest BCUT2D eigenvalue weighted by Crippen LogP contribution is 2.26. The molecule has 1 atom stereocenters. The minimum Gasteiger partial charge on any atom is -0.497 e. The van der Waals surface area contributed by atoms with Gasteiger partial charge in [0.1, 0.15) is 18.0 Å². The standard InChI is InChI=1S/C26H26N2O6/c1-3-33-22-12-8-7-11-21(22)28-26(31)24(18-9-5-4-6-10-18)34-23(29)17-27-25(30)19-13-15-20(32-2)16-14-19/h4-16,24H,3,17H2,1-2H3,(H,27,30)(H,28,31). The molecule has 176 valence electrons. The van der Waals surface area contributed by atoms with Crippen LogP contribution >= 0.6 is 0 Å². The molecule has 3 aromatic rings. The lowest BCUT2D eigenvalue weighted by atomic mass is 10.1. The van der Waals surface area contributed by atoms with Crippen molar-refractivity contribution in [2.45, 2.75) is 13.0 Å². The summed E-state index contributed by atoms with van der Waals surface area (Å²) in [6.45, 7) is 1.86. The fraction of sp³-hybridized carbons (Fsp3) is 0.192. The number of nitrogens with one attached hydrogen (secondary N) is 2. The molecular weight excluding hydrogens is 436 g/mol. The summed E-state index contributed by atoms with van der Waals surface area (Å²) in [7, 11) is 1.53. The lowest BCUT2D eigenvalue weighted by molar-refractivity contribution is -0.153. The lowest BCUT2D eigenvalue weighted by Crippen LogP contribution is -2.33. The summed E-state index contributed by atoms with van der Waals surface area (Å²) in [5.41, 5.74) is 1.31. The molecule has 34 heavy (non-hydrogen) atoms. The molecule has 0 fully saturated rings. The summed E-state index contributed by atoms with van der Waals surface area (Å²) in [6.07, 6.45) is -1.22. The van der Waals surface area contributed by atoms with Crippen LogP contribution in [0.4, 0.5) is 5.69 Å². The third-order valence-corrected chi connectivity index (χ3v) is 4.78. The van der Waals surface area contributed by atoms with Gasteiger partial charge < -0.3 is 24.8 Å². The maximum absolute atomic E-state index is 13.1. The third kappa shape index (κ3) is 6.59. The molecule has 3 aromatic carbocycles. The summed E-state index contributed by atoms with van der Waals surface area (Å²) in [6, 6.07) is 22.1. The van der Waals surface area contributed by atoms with Crippen LogP contribution in [0.3, 0.4) is 0 Å². The fourth-order valence-electron chi connectivity index (χ4n) is 3.12. The Morgan fingerprint density at radius 3 is 2.24 bits per heavy atom. The van der Waals surface area contributed by atoms with Gasteiger partial charge in [-0.2, -0.15) is 0 Å². The molecule has 0 aromatic heterocycles. The molecule has 0 bridgehead atoms. The molecule has 8 heteroatoms. The second-order valence-electron chi connectivity index (χ2n) is 7.11. The minimum absolute atomic E-state index is 0.360. The first-order valence-electron chi connectivity index (χ1n) is 10.7. The summed E-state index contributed by atoms with van der Waals surface area (Å²) >= 11 is 0. The van der Waals surface area contributed by atoms with Crippen molar-refractivity contribution in [1.82, 2.24) is 5.32 Å². The van der Waals surface area contributed by atoms with E-state index in [9.17, 15) is 14.4 Å². The molecule has 0 aliphatic heterocycles. The van der Waals surface area contributed by atoms with Crippen molar-refractivity contribution in [1.29, 1.82) is 0 Å². The molecular formula is C26H26N2O6. The van der Waals surface area contributed by atoms with E-state index in [-0.39, 0.29) is 0 Å². The predicted octanol–water partition coefficient (Wildman–Crippen LogP) is 3.75. The number of anilines is 1. The summed E-state index contributed by atoms with van der Waals surface area (Å²) in [5.74, 6) is -0.648. The third-order valence-electron chi connectivity index (χ3n) is 4.78. The highest BCUT2D eigenvalue weighted by atomic mass is 16.5. The van der Waals surface area contributed by atoms with Gasteiger partial charge in [-0.05, 0) is 43.3 Å². The van der Waals surface area contributed by atoms with E-state index in [2.05, 4.69) is 10.6 Å². The van der Waals surface area contributed by atoms with E-state index < -0.39 is 30.4 Å². The number of benzene rings is 3. The van der Waals surface area contributed by atoms with E-state index in [1.807, 2.05) is 6.92 Å². The number of carbonyl (C=O) groups excluding carboxylic acids is 3. The second kappa shape index (κ2) is 12.1. The Hall–Kier alpha value is -4.33. The number of para-hydroxylation sites is 2. The van der Waals surface area contributed by atoms with Crippen molar-refractivity contribution < 1.29 is 28.6 Å². The van der Waals surface area contributed by atoms with Gasteiger partial charge in [-0.15, -0.1) is 0 Å². The van der Waals surface area contributed by atoms with Crippen LogP contribution in [-0.4, -0.2) is 38.0 Å². The van der Waals surface area contributed by atoms with Crippen molar-refractivity contribution >= 4 is 23.5 Å². The number of methoxy groups -OCH3 is 1. The van der Waals surface area contributed by atoms with Crippen LogP contribution in [0.25, 0.3) is 0 Å². The van der Waals surface area contributed by atoms with E-state index in [0.29, 0.717) is 34.9 Å². The van der Waals surface area contributed by atoms with Crippen LogP contribution in [0, 0.1) is 0 Å². The largest absolute Gasteiger partial charge is 0.497 e. The van der Waals surface area contributed by atoms with E-state index in [0.717, 1.165) is 0 Å². The number of esters is 1. The molecule has 8 nitrogen and oxygen atoms in total. The van der Waals surface area contributed by atoms with Gasteiger partial charge in [-0.1, -0.05) is 42.5 Å². The molecule has 2 amide bonds. The second-order valence-corrected chi connectivity index (χ2v) is 7.11. The zero-order valence-corrected chi connectivity index (χ0v) is 18.9. The number of rotatable bonds is 10. The summed E-state index contributed by atoms with van der Waals surface area (Å²) in [5, 5.41) is 5.26. The van der Waals surface area contributed by atoms with Gasteiger partial charge in [0, 0.05) is 11.1 Å². The van der Waals surface area contributed by atoms with Crippen molar-refractivity contribution in [2.24, 2.45) is 0 Å². The van der Waals surface area contributed by atoms with E-state index >= 15 is 0 Å². The maximum Gasteiger partial charge on any atom is 0.326 e. The molecule has 0 radical (unpaired) electrons. The average Bonchev–Trinajstić information content (AvgIpc) is 2.87. The molecule has 0 aliphatic rings. The van der Waals surface area contributed by atoms with Crippen molar-refractivity contribution in [3.8, 4) is 11.5 Å². The van der Waals surface area contributed by atoms with Crippen LogP contribution in [0.1, 0.15) is 28.9 Å². The fourth-order valence-corrected chi connectivity index (χ4v) is 3.12. The molecule has 3 rings (SSSR count). The van der Waals surface area contributed by atoms with Gasteiger partial charge in [0.05, 0.1) is 19.4 Å². The highest BCUT2D eigenvalue weighted by Gasteiger charge is 2.26. The quantitative estimate of drug-likeness (QED) is 0.445. The first-order chi connectivity index (χ1) is 16.5. The number of carbonyl (C=O) groups is 3. The summed E-state index contributed by atoms with van der Waals surface area (Å²) in [4.78, 5) is 37.9. The summed E-state index contributed by atoms with van der Waals surface area (Å²) < 4.78 is 16.1.